The first-order valence-corrected chi connectivity index (χ1v) is 15.0. The van der Waals surface area contributed by atoms with Crippen LogP contribution in [-0.4, -0.2) is 40.8 Å². The molecule has 10 nitrogen and oxygen atoms in total. The minimum atomic E-state index is -0.829. The molecule has 0 saturated heterocycles. The van der Waals surface area contributed by atoms with Gasteiger partial charge in [0.05, 0.1) is 42.2 Å². The molecule has 0 N–H and O–H groups in total. The molecule has 0 aliphatic carbocycles. The molecule has 0 amide bonds. The topological polar surface area (TPSA) is 118 Å². The van der Waals surface area contributed by atoms with Gasteiger partial charge in [-0.3, -0.25) is 9.36 Å². The van der Waals surface area contributed by atoms with Crippen LogP contribution in [0, 0.1) is 0 Å². The third-order valence-corrected chi connectivity index (χ3v) is 8.49. The maximum Gasteiger partial charge on any atom is 0.338 e. The van der Waals surface area contributed by atoms with E-state index in [4.69, 9.17) is 18.6 Å². The van der Waals surface area contributed by atoms with E-state index in [0.29, 0.717) is 59.2 Å². The Hall–Kier alpha value is -3.68. The fourth-order valence-electron chi connectivity index (χ4n) is 4.30. The number of carbonyl (C=O) groups is 1. The summed E-state index contributed by atoms with van der Waals surface area (Å²) in [5.74, 6) is 0.928. The number of benzene rings is 1. The third kappa shape index (κ3) is 5.88. The van der Waals surface area contributed by atoms with E-state index in [9.17, 15) is 9.59 Å². The lowest BCUT2D eigenvalue weighted by molar-refractivity contribution is -0.139. The monoisotopic (exact) mass is 656 g/mol. The zero-order chi connectivity index (χ0) is 29.1. The van der Waals surface area contributed by atoms with E-state index in [-0.39, 0.29) is 17.7 Å². The summed E-state index contributed by atoms with van der Waals surface area (Å²) < 4.78 is 25.2. The van der Waals surface area contributed by atoms with Crippen LogP contribution in [0.2, 0.25) is 0 Å². The average Bonchev–Trinajstić information content (AvgIpc) is 3.52. The van der Waals surface area contributed by atoms with Crippen molar-refractivity contribution in [3.63, 3.8) is 0 Å². The number of aromatic nitrogens is 3. The lowest BCUT2D eigenvalue weighted by Crippen LogP contribution is -2.40. The Bertz CT molecular complexity index is 1810. The Morgan fingerprint density at radius 3 is 2.68 bits per heavy atom. The highest BCUT2D eigenvalue weighted by molar-refractivity contribution is 9.10. The van der Waals surface area contributed by atoms with E-state index in [0.717, 1.165) is 0 Å². The fourth-order valence-corrected chi connectivity index (χ4v) is 6.55. The van der Waals surface area contributed by atoms with Gasteiger partial charge in [0.2, 0.25) is 0 Å². The first-order valence-electron chi connectivity index (χ1n) is 12.6. The number of ether oxygens (including phenoxy) is 3. The number of thiazole rings is 1. The molecule has 41 heavy (non-hydrogen) atoms. The van der Waals surface area contributed by atoms with Crippen molar-refractivity contribution < 1.29 is 23.4 Å². The van der Waals surface area contributed by atoms with Crippen LogP contribution in [0.5, 0.6) is 11.5 Å². The quantitative estimate of drug-likeness (QED) is 0.189. The van der Waals surface area contributed by atoms with E-state index >= 15 is 0 Å². The number of halogens is 1. The van der Waals surface area contributed by atoms with E-state index in [2.05, 4.69) is 30.9 Å². The largest absolute Gasteiger partial charge is 0.493 e. The van der Waals surface area contributed by atoms with Crippen molar-refractivity contribution in [1.82, 2.24) is 14.5 Å². The number of carbonyl (C=O) groups excluding carboxylic acids is 1. The molecule has 0 spiro atoms. The molecule has 0 radical (unpaired) electrons. The van der Waals surface area contributed by atoms with Crippen molar-refractivity contribution in [2.45, 2.75) is 37.1 Å². The number of fused-ring (bicyclic) bond motifs is 1. The van der Waals surface area contributed by atoms with Crippen LogP contribution in [0.3, 0.4) is 0 Å². The third-order valence-electron chi connectivity index (χ3n) is 6.00. The van der Waals surface area contributed by atoms with Gasteiger partial charge in [0.15, 0.2) is 26.5 Å². The lowest BCUT2D eigenvalue weighted by atomic mass is 9.95. The molecular weight excluding hydrogens is 632 g/mol. The van der Waals surface area contributed by atoms with Gasteiger partial charge >= 0.3 is 5.97 Å². The van der Waals surface area contributed by atoms with Gasteiger partial charge in [0.1, 0.15) is 5.76 Å². The van der Waals surface area contributed by atoms with Crippen LogP contribution in [0.1, 0.15) is 38.1 Å². The summed E-state index contributed by atoms with van der Waals surface area (Å²) >= 11 is 6.10. The molecular formula is C28H25BrN4O6S2. The zero-order valence-electron chi connectivity index (χ0n) is 22.5. The molecule has 0 unspecified atom stereocenters. The Labute approximate surface area is 251 Å². The highest BCUT2D eigenvalue weighted by atomic mass is 79.9. The number of rotatable bonds is 9. The molecule has 4 aromatic rings. The Morgan fingerprint density at radius 1 is 1.20 bits per heavy atom. The number of furan rings is 1. The van der Waals surface area contributed by atoms with E-state index in [1.165, 1.54) is 27.7 Å². The normalized spacial score (nSPS) is 15.0. The molecule has 13 heteroatoms. The van der Waals surface area contributed by atoms with Gasteiger partial charge in [-0.2, -0.15) is 0 Å². The average molecular weight is 658 g/mol. The maximum absolute atomic E-state index is 13.9. The molecule has 1 aliphatic rings. The number of allylic oxidation sites excluding steroid dienone is 1. The molecule has 1 atom stereocenters. The second-order valence-electron chi connectivity index (χ2n) is 8.55. The van der Waals surface area contributed by atoms with Gasteiger partial charge in [-0.1, -0.05) is 27.3 Å². The smallest absolute Gasteiger partial charge is 0.338 e. The summed E-state index contributed by atoms with van der Waals surface area (Å²) in [6.45, 7) is 5.91. The van der Waals surface area contributed by atoms with Crippen LogP contribution in [0.25, 0.3) is 6.08 Å². The minimum absolute atomic E-state index is 0.174. The molecule has 0 fully saturated rings. The summed E-state index contributed by atoms with van der Waals surface area (Å²) in [7, 11) is 1.55. The van der Waals surface area contributed by atoms with Gasteiger partial charge in [0.25, 0.3) is 5.56 Å². The summed E-state index contributed by atoms with van der Waals surface area (Å²) in [5, 5.41) is 1.13. The van der Waals surface area contributed by atoms with Crippen LogP contribution in [0.4, 0.5) is 0 Å². The van der Waals surface area contributed by atoms with Crippen molar-refractivity contribution in [2.75, 3.05) is 20.3 Å². The highest BCUT2D eigenvalue weighted by Gasteiger charge is 2.35. The van der Waals surface area contributed by atoms with Gasteiger partial charge < -0.3 is 18.6 Å². The van der Waals surface area contributed by atoms with Crippen molar-refractivity contribution in [2.24, 2.45) is 4.99 Å². The Kier molecular flexibility index (Phi) is 8.76. The van der Waals surface area contributed by atoms with Crippen LogP contribution in [0.15, 0.2) is 82.9 Å². The predicted molar refractivity (Wildman–Crippen MR) is 157 cm³/mol. The van der Waals surface area contributed by atoms with E-state index < -0.39 is 12.0 Å². The SMILES string of the molecule is CCOC(=O)C1=C(C)N=c2s/c(=C/c3ccc(Sc4ncccn4)o3)c(=O)n2[C@H]1c1cc(OCC)c(OC)cc1Br. The van der Waals surface area contributed by atoms with Gasteiger partial charge in [-0.05, 0) is 68.4 Å². The van der Waals surface area contributed by atoms with E-state index in [1.54, 1.807) is 69.8 Å². The molecule has 0 bridgehead atoms. The summed E-state index contributed by atoms with van der Waals surface area (Å²) in [4.78, 5) is 40.7. The summed E-state index contributed by atoms with van der Waals surface area (Å²) in [5.41, 5.74) is 1.02. The molecule has 3 aromatic heterocycles. The van der Waals surface area contributed by atoms with Gasteiger partial charge in [0, 0.05) is 22.9 Å². The van der Waals surface area contributed by atoms with Crippen molar-refractivity contribution in [3.8, 4) is 11.5 Å². The minimum Gasteiger partial charge on any atom is -0.493 e. The molecule has 0 saturated carbocycles. The number of hydrogen-bond acceptors (Lipinski definition) is 11. The Morgan fingerprint density at radius 2 is 1.98 bits per heavy atom. The second kappa shape index (κ2) is 12.5. The number of nitrogens with zero attached hydrogens (tertiary/aromatic N) is 4. The zero-order valence-corrected chi connectivity index (χ0v) is 25.8. The molecule has 4 heterocycles. The van der Waals surface area contributed by atoms with Gasteiger partial charge in [-0.25, -0.2) is 19.8 Å². The number of methoxy groups -OCH3 is 1. The van der Waals surface area contributed by atoms with Crippen LogP contribution >= 0.6 is 39.0 Å². The first kappa shape index (κ1) is 28.8. The predicted octanol–water partition coefficient (Wildman–Crippen LogP) is 4.50. The van der Waals surface area contributed by atoms with Crippen molar-refractivity contribution in [1.29, 1.82) is 0 Å². The summed E-state index contributed by atoms with van der Waals surface area (Å²) in [6.07, 6.45) is 4.97. The summed E-state index contributed by atoms with van der Waals surface area (Å²) in [6, 6.07) is 8.00. The first-order chi connectivity index (χ1) is 19.8. The van der Waals surface area contributed by atoms with Crippen molar-refractivity contribution >= 4 is 51.1 Å². The fraction of sp³-hybridized carbons (Fsp3) is 0.250. The molecule has 1 aliphatic heterocycles. The standard InChI is InChI=1S/C28H25BrN4O6S2/c1-5-37-20-13-17(18(29)14-19(20)36-4)24-23(26(35)38-6-2)15(3)32-28-33(24)25(34)21(40-28)12-16-8-9-22(39-16)41-27-30-10-7-11-31-27/h7-14,24H,5-6H2,1-4H3/b21-12+/t24-/m0/s1. The number of hydrogen-bond donors (Lipinski definition) is 0. The molecule has 212 valence electrons. The molecule has 5 rings (SSSR count). The highest BCUT2D eigenvalue weighted by Crippen LogP contribution is 2.41. The lowest BCUT2D eigenvalue weighted by Gasteiger charge is -2.26. The van der Waals surface area contributed by atoms with Crippen LogP contribution < -0.4 is 24.4 Å². The second-order valence-corrected chi connectivity index (χ2v) is 11.4. The van der Waals surface area contributed by atoms with E-state index in [1.807, 2.05) is 6.92 Å². The van der Waals surface area contributed by atoms with Gasteiger partial charge in [-0.15, -0.1) is 0 Å². The Balaban J connectivity index is 1.64. The maximum atomic E-state index is 13.9. The number of esters is 1. The molecule has 1 aromatic carbocycles. The van der Waals surface area contributed by atoms with Crippen molar-refractivity contribution in [3.05, 3.63) is 89.5 Å². The van der Waals surface area contributed by atoms with Crippen LogP contribution in [-0.2, 0) is 9.53 Å².